The van der Waals surface area contributed by atoms with Gasteiger partial charge in [-0.2, -0.15) is 5.21 Å². The maximum absolute atomic E-state index is 14.3. The highest BCUT2D eigenvalue weighted by Crippen LogP contribution is 2.52. The van der Waals surface area contributed by atoms with Crippen LogP contribution < -0.4 is 5.56 Å². The van der Waals surface area contributed by atoms with Crippen LogP contribution in [0.4, 0.5) is 0 Å². The highest BCUT2D eigenvalue weighted by Gasteiger charge is 2.53. The van der Waals surface area contributed by atoms with Crippen molar-refractivity contribution in [3.63, 3.8) is 0 Å². The van der Waals surface area contributed by atoms with Crippen LogP contribution >= 0.6 is 0 Å². The van der Waals surface area contributed by atoms with Crippen LogP contribution in [0.15, 0.2) is 53.3 Å². The van der Waals surface area contributed by atoms with Crippen LogP contribution in [-0.2, 0) is 23.9 Å². The minimum Gasteiger partial charge on any atom is -0.280 e. The Kier molecular flexibility index (Phi) is 6.56. The third kappa shape index (κ3) is 4.17. The zero-order valence-electron chi connectivity index (χ0n) is 23.7. The van der Waals surface area contributed by atoms with E-state index >= 15 is 0 Å². The number of rotatable bonds is 9. The summed E-state index contributed by atoms with van der Waals surface area (Å²) in [7, 11) is 0. The third-order valence-corrected chi connectivity index (χ3v) is 9.63. The van der Waals surface area contributed by atoms with Gasteiger partial charge in [0.25, 0.3) is 5.56 Å². The molecule has 204 valence electrons. The van der Waals surface area contributed by atoms with E-state index in [2.05, 4.69) is 88.0 Å². The molecule has 3 aliphatic rings. The minimum atomic E-state index is -0.0602. The number of aromatic amines is 1. The van der Waals surface area contributed by atoms with Crippen molar-refractivity contribution < 1.29 is 0 Å². The van der Waals surface area contributed by atoms with Crippen LogP contribution in [0.5, 0.6) is 0 Å². The average molecular weight is 525 g/mol. The highest BCUT2D eigenvalue weighted by atomic mass is 16.1. The zero-order valence-corrected chi connectivity index (χ0v) is 23.7. The molecule has 7 rings (SSSR count). The van der Waals surface area contributed by atoms with E-state index in [9.17, 15) is 4.79 Å². The van der Waals surface area contributed by atoms with Gasteiger partial charge in [0, 0.05) is 23.2 Å². The lowest BCUT2D eigenvalue weighted by atomic mass is 9.66. The first-order chi connectivity index (χ1) is 18.9. The third-order valence-electron chi connectivity index (χ3n) is 9.63. The van der Waals surface area contributed by atoms with E-state index in [1.807, 2.05) is 18.2 Å². The molecule has 2 bridgehead atoms. The Morgan fingerprint density at radius 3 is 2.31 bits per heavy atom. The van der Waals surface area contributed by atoms with E-state index in [0.717, 1.165) is 60.8 Å². The number of hydrogen-bond acceptors (Lipinski definition) is 4. The second kappa shape index (κ2) is 9.92. The lowest BCUT2D eigenvalue weighted by molar-refractivity contribution is -0.0421. The van der Waals surface area contributed by atoms with Crippen LogP contribution in [0, 0.1) is 5.92 Å². The smallest absolute Gasteiger partial charge is 0.271 e. The van der Waals surface area contributed by atoms with Gasteiger partial charge in [0.2, 0.25) is 5.82 Å². The minimum absolute atomic E-state index is 0.0400. The van der Waals surface area contributed by atoms with Crippen LogP contribution in [-0.4, -0.2) is 30.0 Å². The van der Waals surface area contributed by atoms with Crippen molar-refractivity contribution in [1.29, 1.82) is 0 Å². The van der Waals surface area contributed by atoms with E-state index < -0.39 is 0 Å². The first-order valence-corrected chi connectivity index (χ1v) is 14.7. The number of aromatic nitrogens is 6. The molecule has 0 atom stereocenters. The van der Waals surface area contributed by atoms with Gasteiger partial charge in [-0.15, -0.1) is 10.2 Å². The molecule has 0 saturated heterocycles. The molecular weight excluding hydrogens is 484 g/mol. The predicted molar refractivity (Wildman–Crippen MR) is 155 cm³/mol. The molecule has 1 fully saturated rings. The summed E-state index contributed by atoms with van der Waals surface area (Å²) in [6.07, 6.45) is 9.68. The SMILES string of the molecule is CCCCCc1c(Cc2ccc(-c3ccccc3-c3nn[nH]n3)cc2)c(=O)n2n1C1(C)CCC2(C(C)C)CC1. The molecular formula is C32H40N6O. The summed E-state index contributed by atoms with van der Waals surface area (Å²) in [6, 6.07) is 16.8. The van der Waals surface area contributed by atoms with E-state index in [0.29, 0.717) is 18.2 Å². The van der Waals surface area contributed by atoms with Crippen LogP contribution in [0.1, 0.15) is 89.5 Å². The van der Waals surface area contributed by atoms with Crippen molar-refractivity contribution in [2.75, 3.05) is 0 Å². The van der Waals surface area contributed by atoms with Gasteiger partial charge in [0.05, 0.1) is 11.1 Å². The number of fused-ring (bicyclic) bond motifs is 2. The summed E-state index contributed by atoms with van der Waals surface area (Å²) in [4.78, 5) is 14.3. The first-order valence-electron chi connectivity index (χ1n) is 14.7. The highest BCUT2D eigenvalue weighted by molar-refractivity contribution is 5.80. The van der Waals surface area contributed by atoms with Gasteiger partial charge in [0.15, 0.2) is 0 Å². The molecule has 1 saturated carbocycles. The number of nitrogens with one attached hydrogen (secondary N) is 1. The largest absolute Gasteiger partial charge is 0.280 e. The molecule has 2 aromatic carbocycles. The van der Waals surface area contributed by atoms with Gasteiger partial charge in [-0.1, -0.05) is 82.1 Å². The predicted octanol–water partition coefficient (Wildman–Crippen LogP) is 6.47. The second-order valence-corrected chi connectivity index (χ2v) is 12.2. The molecule has 4 heterocycles. The van der Waals surface area contributed by atoms with Crippen molar-refractivity contribution in [2.45, 2.75) is 96.6 Å². The Bertz CT molecular complexity index is 1500. The molecule has 1 N–H and O–H groups in total. The molecule has 4 aromatic rings. The van der Waals surface area contributed by atoms with Gasteiger partial charge in [-0.25, -0.2) is 4.68 Å². The van der Waals surface area contributed by atoms with Crippen molar-refractivity contribution in [3.05, 3.63) is 75.7 Å². The summed E-state index contributed by atoms with van der Waals surface area (Å²) < 4.78 is 4.72. The lowest BCUT2D eigenvalue weighted by Crippen LogP contribution is -2.60. The topological polar surface area (TPSA) is 81.4 Å². The number of nitrogens with zero attached hydrogens (tertiary/aromatic N) is 5. The normalized spacial score (nSPS) is 22.0. The quantitative estimate of drug-likeness (QED) is 0.254. The van der Waals surface area contributed by atoms with E-state index in [4.69, 9.17) is 0 Å². The molecule has 2 aliphatic heterocycles. The number of tetrazole rings is 1. The summed E-state index contributed by atoms with van der Waals surface area (Å²) in [5.74, 6) is 1.02. The summed E-state index contributed by atoms with van der Waals surface area (Å²) in [5.41, 5.74) is 6.79. The number of hydrogen-bond donors (Lipinski definition) is 1. The fraction of sp³-hybridized carbons (Fsp3) is 0.500. The van der Waals surface area contributed by atoms with Gasteiger partial charge < -0.3 is 0 Å². The molecule has 0 unspecified atom stereocenters. The first kappa shape index (κ1) is 25.8. The van der Waals surface area contributed by atoms with Gasteiger partial charge in [0.1, 0.15) is 0 Å². The van der Waals surface area contributed by atoms with Gasteiger partial charge >= 0.3 is 0 Å². The van der Waals surface area contributed by atoms with Crippen LogP contribution in [0.3, 0.4) is 0 Å². The van der Waals surface area contributed by atoms with E-state index in [1.165, 1.54) is 24.1 Å². The molecule has 7 nitrogen and oxygen atoms in total. The van der Waals surface area contributed by atoms with Crippen molar-refractivity contribution in [1.82, 2.24) is 30.0 Å². The second-order valence-electron chi connectivity index (χ2n) is 12.2. The Morgan fingerprint density at radius 1 is 0.949 bits per heavy atom. The maximum atomic E-state index is 14.3. The van der Waals surface area contributed by atoms with E-state index in [1.54, 1.807) is 0 Å². The Balaban J connectivity index is 1.39. The molecule has 0 radical (unpaired) electrons. The van der Waals surface area contributed by atoms with E-state index in [-0.39, 0.29) is 16.6 Å². The van der Waals surface area contributed by atoms with Crippen molar-refractivity contribution in [2.24, 2.45) is 5.92 Å². The Hall–Kier alpha value is -3.48. The van der Waals surface area contributed by atoms with Crippen LogP contribution in [0.25, 0.3) is 22.5 Å². The number of unbranched alkanes of at least 4 members (excludes halogenated alkanes) is 2. The monoisotopic (exact) mass is 524 g/mol. The molecule has 7 heteroatoms. The maximum Gasteiger partial charge on any atom is 0.271 e. The van der Waals surface area contributed by atoms with Crippen LogP contribution in [0.2, 0.25) is 0 Å². The summed E-state index contributed by atoms with van der Waals surface area (Å²) >= 11 is 0. The molecule has 0 amide bonds. The van der Waals surface area contributed by atoms with Gasteiger partial charge in [-0.05, 0) is 73.3 Å². The molecule has 0 spiro atoms. The average Bonchev–Trinajstić information content (AvgIpc) is 3.59. The standard InChI is InChI=1S/C32H40N6O/c1-5-6-7-12-28-27(30(39)38-32(22(2)3)19-17-31(4,18-20-32)37(28)38)21-23-13-15-24(16-14-23)25-10-8-9-11-26(25)29-33-35-36-34-29/h8-11,13-16,22H,5-7,12,17-21H2,1-4H3,(H,33,34,35,36). The van der Waals surface area contributed by atoms with Crippen molar-refractivity contribution in [3.8, 4) is 22.5 Å². The van der Waals surface area contributed by atoms with Gasteiger partial charge in [-0.3, -0.25) is 9.48 Å². The summed E-state index contributed by atoms with van der Waals surface area (Å²) in [5, 5.41) is 14.6. The lowest BCUT2D eigenvalue weighted by Gasteiger charge is -2.56. The number of benzene rings is 2. The zero-order chi connectivity index (χ0) is 27.2. The summed E-state index contributed by atoms with van der Waals surface area (Å²) in [6.45, 7) is 9.24. The fourth-order valence-corrected chi connectivity index (χ4v) is 7.22. The Morgan fingerprint density at radius 2 is 1.67 bits per heavy atom. The molecule has 2 aromatic heterocycles. The number of H-pyrrole nitrogens is 1. The molecule has 39 heavy (non-hydrogen) atoms. The Labute approximate surface area is 230 Å². The molecule has 1 aliphatic carbocycles. The van der Waals surface area contributed by atoms with Crippen molar-refractivity contribution >= 4 is 0 Å². The fourth-order valence-electron chi connectivity index (χ4n) is 7.22.